The first kappa shape index (κ1) is 14.1. The van der Waals surface area contributed by atoms with Gasteiger partial charge in [0.05, 0.1) is 5.69 Å². The molecule has 0 spiro atoms. The van der Waals surface area contributed by atoms with E-state index in [-0.39, 0.29) is 5.91 Å². The molecule has 0 saturated heterocycles. The van der Waals surface area contributed by atoms with Crippen LogP contribution >= 0.6 is 0 Å². The number of aryl methyl sites for hydroxylation is 1. The molecule has 22 heavy (non-hydrogen) atoms. The van der Waals surface area contributed by atoms with E-state index in [0.717, 1.165) is 22.6 Å². The van der Waals surface area contributed by atoms with Gasteiger partial charge in [0, 0.05) is 31.5 Å². The van der Waals surface area contributed by atoms with Crippen molar-refractivity contribution in [1.82, 2.24) is 19.9 Å². The summed E-state index contributed by atoms with van der Waals surface area (Å²) in [5.41, 5.74) is 3.62. The lowest BCUT2D eigenvalue weighted by atomic mass is 10.1. The SMILES string of the molecule is CNC(=O)c1ccc(CNc2nccn3nc(C)cc23)cc1. The number of carbonyl (C=O) groups excluding carboxylic acids is 1. The largest absolute Gasteiger partial charge is 0.364 e. The summed E-state index contributed by atoms with van der Waals surface area (Å²) >= 11 is 0. The predicted molar refractivity (Wildman–Crippen MR) is 84.9 cm³/mol. The molecule has 0 bridgehead atoms. The Hall–Kier alpha value is -2.89. The van der Waals surface area contributed by atoms with Gasteiger partial charge in [0.15, 0.2) is 5.82 Å². The van der Waals surface area contributed by atoms with Crippen LogP contribution in [0.25, 0.3) is 5.52 Å². The topological polar surface area (TPSA) is 71.3 Å². The maximum Gasteiger partial charge on any atom is 0.251 e. The van der Waals surface area contributed by atoms with E-state index in [1.807, 2.05) is 43.5 Å². The zero-order valence-corrected chi connectivity index (χ0v) is 12.5. The number of nitrogens with zero attached hydrogens (tertiary/aromatic N) is 3. The Morgan fingerprint density at radius 2 is 2.05 bits per heavy atom. The van der Waals surface area contributed by atoms with Crippen molar-refractivity contribution >= 4 is 17.2 Å². The van der Waals surface area contributed by atoms with Crippen molar-refractivity contribution in [2.75, 3.05) is 12.4 Å². The fraction of sp³-hybridized carbons (Fsp3) is 0.188. The van der Waals surface area contributed by atoms with Gasteiger partial charge in [-0.05, 0) is 30.7 Å². The van der Waals surface area contributed by atoms with Crippen molar-refractivity contribution in [2.24, 2.45) is 0 Å². The number of nitrogens with one attached hydrogen (secondary N) is 2. The molecule has 112 valence electrons. The number of hydrogen-bond donors (Lipinski definition) is 2. The highest BCUT2D eigenvalue weighted by Gasteiger charge is 2.06. The van der Waals surface area contributed by atoms with Crippen LogP contribution in [0.15, 0.2) is 42.7 Å². The zero-order chi connectivity index (χ0) is 15.5. The summed E-state index contributed by atoms with van der Waals surface area (Å²) in [6.45, 7) is 2.58. The molecule has 0 unspecified atom stereocenters. The van der Waals surface area contributed by atoms with Gasteiger partial charge in [0.2, 0.25) is 0 Å². The van der Waals surface area contributed by atoms with E-state index in [9.17, 15) is 4.79 Å². The first-order chi connectivity index (χ1) is 10.7. The van der Waals surface area contributed by atoms with E-state index in [1.165, 1.54) is 0 Å². The van der Waals surface area contributed by atoms with Crippen molar-refractivity contribution in [2.45, 2.75) is 13.5 Å². The standard InChI is InChI=1S/C16H17N5O/c1-11-9-14-15(18-7-8-21(14)20-11)19-10-12-3-5-13(6-4-12)16(22)17-2/h3-9H,10H2,1-2H3,(H,17,22)(H,18,19). The molecule has 1 aromatic carbocycles. The van der Waals surface area contributed by atoms with Crippen LogP contribution in [0.3, 0.4) is 0 Å². The van der Waals surface area contributed by atoms with Gasteiger partial charge in [0.1, 0.15) is 5.52 Å². The minimum absolute atomic E-state index is 0.0827. The van der Waals surface area contributed by atoms with E-state index in [1.54, 1.807) is 17.8 Å². The Morgan fingerprint density at radius 3 is 2.77 bits per heavy atom. The number of anilines is 1. The Morgan fingerprint density at radius 1 is 1.27 bits per heavy atom. The van der Waals surface area contributed by atoms with E-state index in [4.69, 9.17) is 0 Å². The molecule has 0 saturated carbocycles. The third-order valence-electron chi connectivity index (χ3n) is 3.42. The van der Waals surface area contributed by atoms with Crippen molar-refractivity contribution in [3.05, 3.63) is 59.5 Å². The van der Waals surface area contributed by atoms with Gasteiger partial charge in [-0.25, -0.2) is 9.50 Å². The van der Waals surface area contributed by atoms with E-state index in [0.29, 0.717) is 12.1 Å². The Bertz CT molecular complexity index is 807. The van der Waals surface area contributed by atoms with Crippen molar-refractivity contribution in [1.29, 1.82) is 0 Å². The Balaban J connectivity index is 1.75. The molecule has 6 nitrogen and oxygen atoms in total. The number of carbonyl (C=O) groups is 1. The van der Waals surface area contributed by atoms with Crippen LogP contribution in [-0.4, -0.2) is 27.6 Å². The number of benzene rings is 1. The summed E-state index contributed by atoms with van der Waals surface area (Å²) in [7, 11) is 1.62. The van der Waals surface area contributed by atoms with E-state index >= 15 is 0 Å². The molecule has 1 amide bonds. The summed E-state index contributed by atoms with van der Waals surface area (Å²) in [5, 5.41) is 10.3. The average Bonchev–Trinajstić information content (AvgIpc) is 2.93. The molecule has 6 heteroatoms. The van der Waals surface area contributed by atoms with Gasteiger partial charge >= 0.3 is 0 Å². The highest BCUT2D eigenvalue weighted by Crippen LogP contribution is 2.15. The van der Waals surface area contributed by atoms with Crippen molar-refractivity contribution in [3.8, 4) is 0 Å². The monoisotopic (exact) mass is 295 g/mol. The maximum atomic E-state index is 11.5. The van der Waals surface area contributed by atoms with E-state index in [2.05, 4.69) is 20.7 Å². The van der Waals surface area contributed by atoms with Gasteiger partial charge in [-0.15, -0.1) is 0 Å². The number of rotatable bonds is 4. The highest BCUT2D eigenvalue weighted by atomic mass is 16.1. The molecule has 2 heterocycles. The molecule has 0 aliphatic heterocycles. The van der Waals surface area contributed by atoms with Crippen LogP contribution in [0.1, 0.15) is 21.6 Å². The quantitative estimate of drug-likeness (QED) is 0.772. The second-order valence-corrected chi connectivity index (χ2v) is 5.02. The first-order valence-electron chi connectivity index (χ1n) is 7.03. The van der Waals surface area contributed by atoms with Crippen LogP contribution < -0.4 is 10.6 Å². The smallest absolute Gasteiger partial charge is 0.251 e. The van der Waals surface area contributed by atoms with E-state index < -0.39 is 0 Å². The second kappa shape index (κ2) is 5.85. The minimum Gasteiger partial charge on any atom is -0.364 e. The highest BCUT2D eigenvalue weighted by molar-refractivity contribution is 5.93. The Kier molecular flexibility index (Phi) is 3.74. The third kappa shape index (κ3) is 2.76. The summed E-state index contributed by atoms with van der Waals surface area (Å²) in [4.78, 5) is 15.9. The fourth-order valence-electron chi connectivity index (χ4n) is 2.28. The van der Waals surface area contributed by atoms with Crippen LogP contribution in [0.4, 0.5) is 5.82 Å². The van der Waals surface area contributed by atoms with Gasteiger partial charge in [-0.3, -0.25) is 4.79 Å². The third-order valence-corrected chi connectivity index (χ3v) is 3.42. The lowest BCUT2D eigenvalue weighted by Crippen LogP contribution is -2.17. The normalized spacial score (nSPS) is 10.6. The summed E-state index contributed by atoms with van der Waals surface area (Å²) in [5.74, 6) is 0.708. The number of amides is 1. The van der Waals surface area contributed by atoms with Crippen LogP contribution in [0.5, 0.6) is 0 Å². The molecule has 0 atom stereocenters. The summed E-state index contributed by atoms with van der Waals surface area (Å²) < 4.78 is 1.80. The van der Waals surface area contributed by atoms with Crippen LogP contribution in [0.2, 0.25) is 0 Å². The lowest BCUT2D eigenvalue weighted by molar-refractivity contribution is 0.0963. The van der Waals surface area contributed by atoms with Gasteiger partial charge in [-0.1, -0.05) is 12.1 Å². The van der Waals surface area contributed by atoms with Crippen LogP contribution in [0, 0.1) is 6.92 Å². The fourth-order valence-corrected chi connectivity index (χ4v) is 2.28. The first-order valence-corrected chi connectivity index (χ1v) is 7.03. The van der Waals surface area contributed by atoms with Gasteiger partial charge in [0.25, 0.3) is 5.91 Å². The molecular weight excluding hydrogens is 278 g/mol. The van der Waals surface area contributed by atoms with Crippen LogP contribution in [-0.2, 0) is 6.54 Å². The molecule has 0 aliphatic carbocycles. The van der Waals surface area contributed by atoms with Gasteiger partial charge < -0.3 is 10.6 Å². The summed E-state index contributed by atoms with van der Waals surface area (Å²) in [6, 6.07) is 9.47. The molecule has 0 fully saturated rings. The minimum atomic E-state index is -0.0827. The second-order valence-electron chi connectivity index (χ2n) is 5.02. The number of hydrogen-bond acceptors (Lipinski definition) is 4. The molecule has 0 aliphatic rings. The van der Waals surface area contributed by atoms with Gasteiger partial charge in [-0.2, -0.15) is 5.10 Å². The molecular formula is C16H17N5O. The number of aromatic nitrogens is 3. The summed E-state index contributed by atoms with van der Waals surface area (Å²) in [6.07, 6.45) is 3.54. The predicted octanol–water partition coefficient (Wildman–Crippen LogP) is 2.01. The molecule has 3 rings (SSSR count). The molecule has 2 aromatic heterocycles. The maximum absolute atomic E-state index is 11.5. The van der Waals surface area contributed by atoms with Crippen molar-refractivity contribution in [3.63, 3.8) is 0 Å². The van der Waals surface area contributed by atoms with Crippen molar-refractivity contribution < 1.29 is 4.79 Å². The molecule has 0 radical (unpaired) electrons. The Labute approximate surface area is 128 Å². The zero-order valence-electron chi connectivity index (χ0n) is 12.5. The average molecular weight is 295 g/mol. The number of fused-ring (bicyclic) bond motifs is 1. The molecule has 2 N–H and O–H groups in total. The lowest BCUT2D eigenvalue weighted by Gasteiger charge is -2.07. The molecule has 3 aromatic rings.